The Morgan fingerprint density at radius 1 is 1.28 bits per heavy atom. The second-order valence-corrected chi connectivity index (χ2v) is 7.29. The van der Waals surface area contributed by atoms with Crippen LogP contribution in [0.1, 0.15) is 24.0 Å². The van der Waals surface area contributed by atoms with E-state index < -0.39 is 5.92 Å². The third-order valence-electron chi connectivity index (χ3n) is 4.16. The van der Waals surface area contributed by atoms with Gasteiger partial charge in [-0.15, -0.1) is 16.4 Å². The molecule has 1 unspecified atom stereocenters. The standard InChI is InChI=1S/C18H11Cl2N3OS/c1-9-11(8-21)14(10-4-2-5-12(19)16(10)20)15-17(13-6-3-7-25-13)22-23-18(15)24-9/h2-7,14H,1H3,(H,22,23). The van der Waals surface area contributed by atoms with Crippen molar-refractivity contribution in [3.63, 3.8) is 0 Å². The highest BCUT2D eigenvalue weighted by atomic mass is 35.5. The van der Waals surface area contributed by atoms with Crippen molar-refractivity contribution in [2.45, 2.75) is 12.8 Å². The highest BCUT2D eigenvalue weighted by Gasteiger charge is 2.36. The molecule has 4 rings (SSSR count). The number of thiophene rings is 1. The Morgan fingerprint density at radius 3 is 2.84 bits per heavy atom. The minimum absolute atomic E-state index is 0.393. The molecule has 3 aromatic rings. The quantitative estimate of drug-likeness (QED) is 0.607. The molecule has 7 heteroatoms. The number of rotatable bonds is 2. The van der Waals surface area contributed by atoms with Gasteiger partial charge >= 0.3 is 0 Å². The third-order valence-corrected chi connectivity index (χ3v) is 5.88. The highest BCUT2D eigenvalue weighted by Crippen LogP contribution is 2.49. The fraction of sp³-hybridized carbons (Fsp3) is 0.111. The SMILES string of the molecule is CC1=C(C#N)C(c2cccc(Cl)c2Cl)c2c(n[nH]c2-c2cccs2)O1. The predicted octanol–water partition coefficient (Wildman–Crippen LogP) is 5.77. The number of hydrogen-bond donors (Lipinski definition) is 1. The zero-order valence-corrected chi connectivity index (χ0v) is 15.3. The van der Waals surface area contributed by atoms with E-state index in [2.05, 4.69) is 16.3 Å². The van der Waals surface area contributed by atoms with Crippen LogP contribution in [0.15, 0.2) is 47.0 Å². The number of nitriles is 1. The molecule has 0 aliphatic carbocycles. The zero-order chi connectivity index (χ0) is 17.6. The van der Waals surface area contributed by atoms with Gasteiger partial charge in [0.05, 0.1) is 43.7 Å². The van der Waals surface area contributed by atoms with Crippen LogP contribution in [0.3, 0.4) is 0 Å². The maximum atomic E-state index is 9.75. The van der Waals surface area contributed by atoms with Gasteiger partial charge in [0.2, 0.25) is 5.88 Å². The summed E-state index contributed by atoms with van der Waals surface area (Å²) in [5, 5.41) is 20.0. The Kier molecular flexibility index (Phi) is 4.04. The van der Waals surface area contributed by atoms with Crippen LogP contribution in [0, 0.1) is 11.3 Å². The third kappa shape index (κ3) is 2.54. The lowest BCUT2D eigenvalue weighted by atomic mass is 9.83. The number of ether oxygens (including phenoxy) is 1. The molecule has 3 heterocycles. The zero-order valence-electron chi connectivity index (χ0n) is 13.0. The van der Waals surface area contributed by atoms with Crippen LogP contribution >= 0.6 is 34.5 Å². The number of halogens is 2. The molecular weight excluding hydrogens is 377 g/mol. The first-order valence-electron chi connectivity index (χ1n) is 7.46. The summed E-state index contributed by atoms with van der Waals surface area (Å²) in [5.41, 5.74) is 2.88. The van der Waals surface area contributed by atoms with Crippen molar-refractivity contribution in [3.05, 3.63) is 68.2 Å². The second-order valence-electron chi connectivity index (χ2n) is 5.55. The molecule has 124 valence electrons. The molecule has 2 aromatic heterocycles. The number of aromatic amines is 1. The van der Waals surface area contributed by atoms with Gasteiger partial charge in [-0.3, -0.25) is 5.10 Å². The summed E-state index contributed by atoms with van der Waals surface area (Å²) in [7, 11) is 0. The lowest BCUT2D eigenvalue weighted by Crippen LogP contribution is -2.15. The van der Waals surface area contributed by atoms with Crippen molar-refractivity contribution in [3.8, 4) is 22.5 Å². The average molecular weight is 388 g/mol. The summed E-state index contributed by atoms with van der Waals surface area (Å²) in [6.07, 6.45) is 0. The van der Waals surface area contributed by atoms with Crippen molar-refractivity contribution in [1.29, 1.82) is 5.26 Å². The average Bonchev–Trinajstić information content (AvgIpc) is 3.25. The molecule has 0 bridgehead atoms. The first kappa shape index (κ1) is 16.2. The van der Waals surface area contributed by atoms with E-state index in [4.69, 9.17) is 27.9 Å². The summed E-state index contributed by atoms with van der Waals surface area (Å²) in [6.45, 7) is 1.76. The molecule has 4 nitrogen and oxygen atoms in total. The van der Waals surface area contributed by atoms with Crippen molar-refractivity contribution >= 4 is 34.5 Å². The Hall–Kier alpha value is -2.26. The summed E-state index contributed by atoms with van der Waals surface area (Å²) in [5.74, 6) is 0.581. The fourth-order valence-electron chi connectivity index (χ4n) is 3.03. The molecule has 0 spiro atoms. The number of allylic oxidation sites excluding steroid dienone is 2. The normalized spacial score (nSPS) is 16.3. The van der Waals surface area contributed by atoms with Gasteiger partial charge in [0.1, 0.15) is 5.76 Å². The van der Waals surface area contributed by atoms with E-state index in [-0.39, 0.29) is 0 Å². The summed E-state index contributed by atoms with van der Waals surface area (Å²) >= 11 is 14.3. The van der Waals surface area contributed by atoms with Gasteiger partial charge in [0, 0.05) is 0 Å². The van der Waals surface area contributed by atoms with Gasteiger partial charge in [-0.05, 0) is 30.0 Å². The minimum atomic E-state index is -0.393. The van der Waals surface area contributed by atoms with Gasteiger partial charge in [-0.2, -0.15) is 5.26 Å². The molecule has 0 radical (unpaired) electrons. The molecule has 0 amide bonds. The van der Waals surface area contributed by atoms with Crippen molar-refractivity contribution in [2.75, 3.05) is 0 Å². The second kappa shape index (κ2) is 6.23. The van der Waals surface area contributed by atoms with Crippen molar-refractivity contribution in [1.82, 2.24) is 10.2 Å². The van der Waals surface area contributed by atoms with E-state index in [1.807, 2.05) is 29.6 Å². The molecule has 0 fully saturated rings. The molecular formula is C18H11Cl2N3OS. The number of fused-ring (bicyclic) bond motifs is 1. The summed E-state index contributed by atoms with van der Waals surface area (Å²) < 4.78 is 5.78. The topological polar surface area (TPSA) is 61.7 Å². The van der Waals surface area contributed by atoms with Gasteiger partial charge in [-0.1, -0.05) is 41.4 Å². The molecule has 1 aliphatic heterocycles. The van der Waals surface area contributed by atoms with Crippen LogP contribution in [-0.4, -0.2) is 10.2 Å². The monoisotopic (exact) mass is 387 g/mol. The fourth-order valence-corrected chi connectivity index (χ4v) is 4.18. The van der Waals surface area contributed by atoms with Crippen LogP contribution in [0.2, 0.25) is 10.0 Å². The smallest absolute Gasteiger partial charge is 0.242 e. The molecule has 0 saturated carbocycles. The number of H-pyrrole nitrogens is 1. The van der Waals surface area contributed by atoms with E-state index in [1.54, 1.807) is 24.3 Å². The number of benzene rings is 1. The van der Waals surface area contributed by atoms with E-state index in [0.29, 0.717) is 27.3 Å². The molecule has 1 aliphatic rings. The molecule has 1 aromatic carbocycles. The first-order chi connectivity index (χ1) is 12.1. The van der Waals surface area contributed by atoms with E-state index in [0.717, 1.165) is 21.7 Å². The highest BCUT2D eigenvalue weighted by molar-refractivity contribution is 7.13. The number of nitrogens with one attached hydrogen (secondary N) is 1. The van der Waals surface area contributed by atoms with Crippen LogP contribution in [-0.2, 0) is 0 Å². The van der Waals surface area contributed by atoms with E-state index in [1.165, 1.54) is 0 Å². The van der Waals surface area contributed by atoms with Crippen molar-refractivity contribution in [2.24, 2.45) is 0 Å². The minimum Gasteiger partial charge on any atom is -0.441 e. The molecule has 0 saturated heterocycles. The molecule has 1 N–H and O–H groups in total. The number of aromatic nitrogens is 2. The van der Waals surface area contributed by atoms with Gasteiger partial charge in [-0.25, -0.2) is 0 Å². The Morgan fingerprint density at radius 2 is 2.12 bits per heavy atom. The number of hydrogen-bond acceptors (Lipinski definition) is 4. The molecule has 25 heavy (non-hydrogen) atoms. The maximum Gasteiger partial charge on any atom is 0.242 e. The lowest BCUT2D eigenvalue weighted by molar-refractivity contribution is 0.386. The van der Waals surface area contributed by atoms with Gasteiger partial charge in [0.25, 0.3) is 0 Å². The van der Waals surface area contributed by atoms with E-state index in [9.17, 15) is 5.26 Å². The van der Waals surface area contributed by atoms with Crippen LogP contribution in [0.4, 0.5) is 0 Å². The van der Waals surface area contributed by atoms with Crippen molar-refractivity contribution < 1.29 is 4.74 Å². The van der Waals surface area contributed by atoms with Crippen LogP contribution in [0.25, 0.3) is 10.6 Å². The van der Waals surface area contributed by atoms with Crippen LogP contribution < -0.4 is 4.74 Å². The summed E-state index contributed by atoms with van der Waals surface area (Å²) in [6, 6.07) is 11.7. The largest absolute Gasteiger partial charge is 0.441 e. The van der Waals surface area contributed by atoms with Crippen LogP contribution in [0.5, 0.6) is 5.88 Å². The Balaban J connectivity index is 2.01. The Labute approximate surface area is 158 Å². The van der Waals surface area contributed by atoms with E-state index >= 15 is 0 Å². The Bertz CT molecular complexity index is 1030. The predicted molar refractivity (Wildman–Crippen MR) is 99.1 cm³/mol. The first-order valence-corrected chi connectivity index (χ1v) is 9.10. The number of nitrogens with zero attached hydrogens (tertiary/aromatic N) is 2. The maximum absolute atomic E-state index is 9.75. The van der Waals surface area contributed by atoms with Gasteiger partial charge in [0.15, 0.2) is 0 Å². The summed E-state index contributed by atoms with van der Waals surface area (Å²) in [4.78, 5) is 1.01. The lowest BCUT2D eigenvalue weighted by Gasteiger charge is -2.25. The van der Waals surface area contributed by atoms with Gasteiger partial charge < -0.3 is 4.74 Å². The molecule has 1 atom stereocenters.